The quantitative estimate of drug-likeness (QED) is 0.590. The number of thiazole rings is 1. The molecule has 2 rings (SSSR count). The molecule has 0 aliphatic rings. The van der Waals surface area contributed by atoms with E-state index in [9.17, 15) is 14.9 Å². The first-order valence-corrected chi connectivity index (χ1v) is 8.56. The molecule has 2 aromatic rings. The van der Waals surface area contributed by atoms with Gasteiger partial charge in [-0.1, -0.05) is 37.3 Å². The van der Waals surface area contributed by atoms with Gasteiger partial charge >= 0.3 is 4.87 Å². The predicted octanol–water partition coefficient (Wildman–Crippen LogP) is 3.63. The molecule has 0 aliphatic carbocycles. The molecule has 1 N–H and O–H groups in total. The summed E-state index contributed by atoms with van der Waals surface area (Å²) >= 11 is 1.18. The number of benzene rings is 1. The molecule has 0 radical (unpaired) electrons. The second kappa shape index (κ2) is 8.03. The van der Waals surface area contributed by atoms with Crippen molar-refractivity contribution in [1.82, 2.24) is 9.88 Å². The standard InChI is InChI=1S/C16H21N3O3S/c1-3-8-18(9-4-2)11-14-15(17-16(20)23-14)12-6-5-7-13(10-12)19(21)22/h5-7,10H,3-4,8-9,11H2,1-2H3,(H,17,20). The Hall–Kier alpha value is -1.99. The predicted molar refractivity (Wildman–Crippen MR) is 92.9 cm³/mol. The van der Waals surface area contributed by atoms with Crippen LogP contribution in [0.5, 0.6) is 0 Å². The maximum absolute atomic E-state index is 11.8. The first-order valence-electron chi connectivity index (χ1n) is 7.74. The minimum atomic E-state index is -0.423. The van der Waals surface area contributed by atoms with Crippen LogP contribution in [0.3, 0.4) is 0 Å². The molecule has 0 saturated heterocycles. The van der Waals surface area contributed by atoms with Crippen LogP contribution in [0.25, 0.3) is 11.3 Å². The molecule has 0 amide bonds. The number of aromatic amines is 1. The third-order valence-electron chi connectivity index (χ3n) is 3.51. The van der Waals surface area contributed by atoms with Gasteiger partial charge in [-0.15, -0.1) is 0 Å². The number of hydrogen-bond donors (Lipinski definition) is 1. The van der Waals surface area contributed by atoms with Crippen LogP contribution in [0.2, 0.25) is 0 Å². The van der Waals surface area contributed by atoms with Crippen molar-refractivity contribution in [3.8, 4) is 11.3 Å². The van der Waals surface area contributed by atoms with Crippen molar-refractivity contribution in [2.75, 3.05) is 13.1 Å². The summed E-state index contributed by atoms with van der Waals surface area (Å²) in [7, 11) is 0. The largest absolute Gasteiger partial charge is 0.312 e. The summed E-state index contributed by atoms with van der Waals surface area (Å²) in [5, 5.41) is 11.0. The highest BCUT2D eigenvalue weighted by atomic mass is 32.1. The Labute approximate surface area is 138 Å². The number of nitro groups is 1. The Bertz CT molecular complexity index is 717. The minimum Gasteiger partial charge on any atom is -0.312 e. The van der Waals surface area contributed by atoms with Crippen molar-refractivity contribution in [1.29, 1.82) is 0 Å². The number of nitrogens with one attached hydrogen (secondary N) is 1. The lowest BCUT2D eigenvalue weighted by Crippen LogP contribution is -2.24. The second-order valence-electron chi connectivity index (χ2n) is 5.40. The van der Waals surface area contributed by atoms with Crippen molar-refractivity contribution in [2.24, 2.45) is 0 Å². The van der Waals surface area contributed by atoms with E-state index in [1.807, 2.05) is 0 Å². The lowest BCUT2D eigenvalue weighted by atomic mass is 10.1. The van der Waals surface area contributed by atoms with Gasteiger partial charge in [0.25, 0.3) is 5.69 Å². The maximum Gasteiger partial charge on any atom is 0.305 e. The van der Waals surface area contributed by atoms with Crippen LogP contribution in [-0.2, 0) is 6.54 Å². The van der Waals surface area contributed by atoms with Crippen LogP contribution < -0.4 is 4.87 Å². The van der Waals surface area contributed by atoms with Crippen LogP contribution in [0.15, 0.2) is 29.1 Å². The number of nitro benzene ring substituents is 1. The number of non-ortho nitro benzene ring substituents is 1. The zero-order valence-electron chi connectivity index (χ0n) is 13.4. The van der Waals surface area contributed by atoms with Gasteiger partial charge in [-0.2, -0.15) is 0 Å². The monoisotopic (exact) mass is 335 g/mol. The molecule has 0 saturated carbocycles. The summed E-state index contributed by atoms with van der Waals surface area (Å²) in [6.07, 6.45) is 2.09. The maximum atomic E-state index is 11.8. The summed E-state index contributed by atoms with van der Waals surface area (Å²) in [6, 6.07) is 6.39. The van der Waals surface area contributed by atoms with Crippen molar-refractivity contribution < 1.29 is 4.92 Å². The zero-order valence-corrected chi connectivity index (χ0v) is 14.2. The highest BCUT2D eigenvalue weighted by molar-refractivity contribution is 7.09. The molecule has 124 valence electrons. The highest BCUT2D eigenvalue weighted by Crippen LogP contribution is 2.27. The lowest BCUT2D eigenvalue weighted by Gasteiger charge is -2.20. The zero-order chi connectivity index (χ0) is 16.8. The lowest BCUT2D eigenvalue weighted by molar-refractivity contribution is -0.384. The van der Waals surface area contributed by atoms with Crippen molar-refractivity contribution in [3.05, 3.63) is 48.9 Å². The van der Waals surface area contributed by atoms with E-state index in [-0.39, 0.29) is 10.6 Å². The number of H-pyrrole nitrogens is 1. The van der Waals surface area contributed by atoms with Crippen molar-refractivity contribution in [3.63, 3.8) is 0 Å². The molecule has 0 atom stereocenters. The average molecular weight is 335 g/mol. The number of aromatic nitrogens is 1. The van der Waals surface area contributed by atoms with Crippen LogP contribution in [-0.4, -0.2) is 27.9 Å². The molecule has 0 spiro atoms. The van der Waals surface area contributed by atoms with Gasteiger partial charge in [0.15, 0.2) is 0 Å². The van der Waals surface area contributed by atoms with E-state index in [1.54, 1.807) is 12.1 Å². The number of rotatable bonds is 8. The van der Waals surface area contributed by atoms with Gasteiger partial charge in [-0.05, 0) is 25.9 Å². The summed E-state index contributed by atoms with van der Waals surface area (Å²) in [6.45, 7) is 6.87. The van der Waals surface area contributed by atoms with Gasteiger partial charge in [0.05, 0.1) is 10.6 Å². The molecular weight excluding hydrogens is 314 g/mol. The SMILES string of the molecule is CCCN(CCC)Cc1sc(=O)[nH]c1-c1cccc([N+](=O)[O-])c1. The topological polar surface area (TPSA) is 79.2 Å². The summed E-state index contributed by atoms with van der Waals surface area (Å²) in [5.74, 6) is 0. The molecular formula is C16H21N3O3S. The first-order chi connectivity index (χ1) is 11.0. The molecule has 7 heteroatoms. The first kappa shape index (κ1) is 17.4. The molecule has 0 fully saturated rings. The van der Waals surface area contributed by atoms with E-state index in [1.165, 1.54) is 23.5 Å². The Morgan fingerprint density at radius 2 is 1.96 bits per heavy atom. The molecule has 0 aliphatic heterocycles. The molecule has 0 bridgehead atoms. The van der Waals surface area contributed by atoms with Gasteiger partial charge in [0.1, 0.15) is 0 Å². The average Bonchev–Trinajstić information content (AvgIpc) is 2.88. The number of nitrogens with zero attached hydrogens (tertiary/aromatic N) is 2. The van der Waals surface area contributed by atoms with E-state index < -0.39 is 4.92 Å². The van der Waals surface area contributed by atoms with Gasteiger partial charge < -0.3 is 4.98 Å². The Morgan fingerprint density at radius 1 is 1.26 bits per heavy atom. The van der Waals surface area contributed by atoms with Gasteiger partial charge in [0.2, 0.25) is 0 Å². The van der Waals surface area contributed by atoms with Crippen molar-refractivity contribution in [2.45, 2.75) is 33.2 Å². The van der Waals surface area contributed by atoms with Crippen LogP contribution in [0, 0.1) is 10.1 Å². The fourth-order valence-electron chi connectivity index (χ4n) is 2.59. The van der Waals surface area contributed by atoms with Gasteiger partial charge in [-0.3, -0.25) is 19.8 Å². The Balaban J connectivity index is 2.35. The summed E-state index contributed by atoms with van der Waals surface area (Å²) in [5.41, 5.74) is 1.40. The number of hydrogen-bond acceptors (Lipinski definition) is 5. The van der Waals surface area contributed by atoms with E-state index in [2.05, 4.69) is 23.7 Å². The molecule has 0 unspecified atom stereocenters. The Kier molecular flexibility index (Phi) is 6.06. The highest BCUT2D eigenvalue weighted by Gasteiger charge is 2.16. The molecule has 6 nitrogen and oxygen atoms in total. The molecule has 1 aromatic heterocycles. The normalized spacial score (nSPS) is 11.1. The molecule has 1 heterocycles. The van der Waals surface area contributed by atoms with Gasteiger partial charge in [-0.25, -0.2) is 0 Å². The van der Waals surface area contributed by atoms with Crippen molar-refractivity contribution >= 4 is 17.0 Å². The fraction of sp³-hybridized carbons (Fsp3) is 0.438. The van der Waals surface area contributed by atoms with Crippen LogP contribution in [0.1, 0.15) is 31.6 Å². The van der Waals surface area contributed by atoms with E-state index >= 15 is 0 Å². The fourth-order valence-corrected chi connectivity index (χ4v) is 3.48. The molecule has 1 aromatic carbocycles. The van der Waals surface area contributed by atoms with E-state index in [0.717, 1.165) is 30.8 Å². The summed E-state index contributed by atoms with van der Waals surface area (Å²) in [4.78, 5) is 28.3. The molecule has 23 heavy (non-hydrogen) atoms. The van der Waals surface area contributed by atoms with Crippen LogP contribution in [0.4, 0.5) is 5.69 Å². The van der Waals surface area contributed by atoms with Crippen LogP contribution >= 0.6 is 11.3 Å². The Morgan fingerprint density at radius 3 is 2.57 bits per heavy atom. The smallest absolute Gasteiger partial charge is 0.305 e. The third-order valence-corrected chi connectivity index (χ3v) is 4.38. The van der Waals surface area contributed by atoms with Gasteiger partial charge in [0, 0.05) is 29.1 Å². The van der Waals surface area contributed by atoms with E-state index in [4.69, 9.17) is 0 Å². The third kappa shape index (κ3) is 4.49. The second-order valence-corrected chi connectivity index (χ2v) is 6.46. The van der Waals surface area contributed by atoms with E-state index in [0.29, 0.717) is 17.8 Å². The summed E-state index contributed by atoms with van der Waals surface area (Å²) < 4.78 is 0. The minimum absolute atomic E-state index is 0.0273.